The fourth-order valence-corrected chi connectivity index (χ4v) is 1.46. The Morgan fingerprint density at radius 2 is 2.19 bits per heavy atom. The molecule has 0 aromatic heterocycles. The van der Waals surface area contributed by atoms with Gasteiger partial charge in [-0.1, -0.05) is 32.4 Å². The minimum Gasteiger partial charge on any atom is -0.325 e. The van der Waals surface area contributed by atoms with Crippen LogP contribution in [0.4, 0.5) is 5.69 Å². The Balaban J connectivity index is 2.64. The third-order valence-corrected chi connectivity index (χ3v) is 2.85. The van der Waals surface area contributed by atoms with Gasteiger partial charge in [0.1, 0.15) is 0 Å². The molecule has 2 atom stereocenters. The van der Waals surface area contributed by atoms with E-state index in [0.29, 0.717) is 0 Å². The van der Waals surface area contributed by atoms with Gasteiger partial charge in [0.2, 0.25) is 5.91 Å². The number of benzene rings is 1. The van der Waals surface area contributed by atoms with Crippen molar-refractivity contribution in [2.75, 3.05) is 5.32 Å². The van der Waals surface area contributed by atoms with Crippen LogP contribution in [0.5, 0.6) is 0 Å². The molecule has 0 bridgehead atoms. The van der Waals surface area contributed by atoms with E-state index in [-0.39, 0.29) is 11.8 Å². The minimum absolute atomic E-state index is 0.111. The van der Waals surface area contributed by atoms with E-state index in [9.17, 15) is 4.79 Å². The first-order chi connectivity index (χ1) is 7.54. The van der Waals surface area contributed by atoms with E-state index in [1.54, 1.807) is 0 Å². The topological polar surface area (TPSA) is 55.1 Å². The molecule has 1 aromatic rings. The number of carbonyl (C=O) groups is 1. The molecule has 0 fully saturated rings. The molecule has 1 amide bonds. The van der Waals surface area contributed by atoms with E-state index < -0.39 is 6.04 Å². The number of amides is 1. The van der Waals surface area contributed by atoms with Crippen LogP contribution in [0, 0.1) is 12.8 Å². The van der Waals surface area contributed by atoms with Crippen LogP contribution in [0.1, 0.15) is 25.8 Å². The molecule has 0 saturated carbocycles. The zero-order valence-electron chi connectivity index (χ0n) is 10.2. The summed E-state index contributed by atoms with van der Waals surface area (Å²) in [5.74, 6) is 0.0877. The molecule has 0 aliphatic rings. The second-order valence-corrected chi connectivity index (χ2v) is 4.27. The molecule has 0 aliphatic carbocycles. The van der Waals surface area contributed by atoms with Gasteiger partial charge in [-0.2, -0.15) is 0 Å². The number of nitrogens with two attached hydrogens (primary N) is 1. The molecule has 3 heteroatoms. The highest BCUT2D eigenvalue weighted by Crippen LogP contribution is 2.12. The van der Waals surface area contributed by atoms with E-state index >= 15 is 0 Å². The number of nitrogens with one attached hydrogen (secondary N) is 1. The summed E-state index contributed by atoms with van der Waals surface area (Å²) >= 11 is 0. The first-order valence-corrected chi connectivity index (χ1v) is 5.67. The van der Waals surface area contributed by atoms with E-state index in [1.807, 2.05) is 45.0 Å². The van der Waals surface area contributed by atoms with Crippen molar-refractivity contribution in [2.45, 2.75) is 33.2 Å². The van der Waals surface area contributed by atoms with Gasteiger partial charge in [0.25, 0.3) is 0 Å². The van der Waals surface area contributed by atoms with Gasteiger partial charge in [-0.05, 0) is 30.5 Å². The Morgan fingerprint density at radius 1 is 1.50 bits per heavy atom. The lowest BCUT2D eigenvalue weighted by Crippen LogP contribution is -2.40. The van der Waals surface area contributed by atoms with Gasteiger partial charge in [0.05, 0.1) is 6.04 Å². The number of hydrogen-bond donors (Lipinski definition) is 2. The third kappa shape index (κ3) is 3.35. The standard InChI is InChI=1S/C13H20N2O/c1-4-10(3)12(14)13(16)15-11-7-5-6-9(2)8-11/h5-8,10,12H,4,14H2,1-3H3,(H,15,16). The maximum atomic E-state index is 11.8. The van der Waals surface area contributed by atoms with Crippen molar-refractivity contribution in [1.29, 1.82) is 0 Å². The molecule has 0 saturated heterocycles. The molecule has 3 nitrogen and oxygen atoms in total. The van der Waals surface area contributed by atoms with Crippen molar-refractivity contribution in [2.24, 2.45) is 11.7 Å². The SMILES string of the molecule is CCC(C)C(N)C(=O)Nc1cccc(C)c1. The van der Waals surface area contributed by atoms with Crippen LogP contribution >= 0.6 is 0 Å². The van der Waals surface area contributed by atoms with Crippen molar-refractivity contribution in [1.82, 2.24) is 0 Å². The van der Waals surface area contributed by atoms with Gasteiger partial charge < -0.3 is 11.1 Å². The molecule has 0 heterocycles. The molecule has 0 aliphatic heterocycles. The largest absolute Gasteiger partial charge is 0.325 e. The smallest absolute Gasteiger partial charge is 0.241 e. The van der Waals surface area contributed by atoms with E-state index in [4.69, 9.17) is 5.73 Å². The molecule has 1 rings (SSSR count). The number of carbonyl (C=O) groups excluding carboxylic acids is 1. The first kappa shape index (κ1) is 12.7. The maximum Gasteiger partial charge on any atom is 0.241 e. The van der Waals surface area contributed by atoms with Crippen molar-refractivity contribution in [3.8, 4) is 0 Å². The van der Waals surface area contributed by atoms with E-state index in [2.05, 4.69) is 5.32 Å². The number of rotatable bonds is 4. The second kappa shape index (κ2) is 5.66. The fraction of sp³-hybridized carbons (Fsp3) is 0.462. The summed E-state index contributed by atoms with van der Waals surface area (Å²) in [6, 6.07) is 7.27. The summed E-state index contributed by atoms with van der Waals surface area (Å²) in [6.45, 7) is 6.01. The molecule has 3 N–H and O–H groups in total. The van der Waals surface area contributed by atoms with Crippen LogP contribution in [-0.2, 0) is 4.79 Å². The number of anilines is 1. The Morgan fingerprint density at radius 3 is 2.75 bits per heavy atom. The molecule has 1 aromatic carbocycles. The van der Waals surface area contributed by atoms with Gasteiger partial charge in [-0.3, -0.25) is 4.79 Å². The summed E-state index contributed by atoms with van der Waals surface area (Å²) in [5, 5.41) is 2.83. The maximum absolute atomic E-state index is 11.8. The van der Waals surface area contributed by atoms with Crippen LogP contribution in [0.25, 0.3) is 0 Å². The Labute approximate surface area is 97.0 Å². The Hall–Kier alpha value is -1.35. The van der Waals surface area contributed by atoms with Gasteiger partial charge in [0.15, 0.2) is 0 Å². The zero-order chi connectivity index (χ0) is 12.1. The fourth-order valence-electron chi connectivity index (χ4n) is 1.46. The number of aryl methyl sites for hydroxylation is 1. The summed E-state index contributed by atoms with van der Waals surface area (Å²) in [6.07, 6.45) is 0.905. The summed E-state index contributed by atoms with van der Waals surface area (Å²) in [5.41, 5.74) is 7.77. The van der Waals surface area contributed by atoms with Crippen LogP contribution < -0.4 is 11.1 Å². The molecule has 16 heavy (non-hydrogen) atoms. The third-order valence-electron chi connectivity index (χ3n) is 2.85. The van der Waals surface area contributed by atoms with Crippen molar-refractivity contribution in [3.63, 3.8) is 0 Å². The zero-order valence-corrected chi connectivity index (χ0v) is 10.2. The molecule has 0 spiro atoms. The summed E-state index contributed by atoms with van der Waals surface area (Å²) in [4.78, 5) is 11.8. The van der Waals surface area contributed by atoms with E-state index in [0.717, 1.165) is 17.7 Å². The summed E-state index contributed by atoms with van der Waals surface area (Å²) < 4.78 is 0. The highest BCUT2D eigenvalue weighted by molar-refractivity contribution is 5.94. The van der Waals surface area contributed by atoms with Crippen molar-refractivity contribution < 1.29 is 4.79 Å². The van der Waals surface area contributed by atoms with Gasteiger partial charge in [-0.15, -0.1) is 0 Å². The van der Waals surface area contributed by atoms with Crippen molar-refractivity contribution >= 4 is 11.6 Å². The summed E-state index contributed by atoms with van der Waals surface area (Å²) in [7, 11) is 0. The normalized spacial score (nSPS) is 14.2. The molecular formula is C13H20N2O. The average molecular weight is 220 g/mol. The minimum atomic E-state index is -0.439. The van der Waals surface area contributed by atoms with Gasteiger partial charge in [-0.25, -0.2) is 0 Å². The monoisotopic (exact) mass is 220 g/mol. The highest BCUT2D eigenvalue weighted by Gasteiger charge is 2.19. The van der Waals surface area contributed by atoms with Gasteiger partial charge >= 0.3 is 0 Å². The lowest BCUT2D eigenvalue weighted by atomic mass is 9.99. The molecular weight excluding hydrogens is 200 g/mol. The van der Waals surface area contributed by atoms with Crippen molar-refractivity contribution in [3.05, 3.63) is 29.8 Å². The predicted molar refractivity (Wildman–Crippen MR) is 67.2 cm³/mol. The number of hydrogen-bond acceptors (Lipinski definition) is 2. The second-order valence-electron chi connectivity index (χ2n) is 4.27. The highest BCUT2D eigenvalue weighted by atomic mass is 16.2. The Bertz CT molecular complexity index is 363. The quantitative estimate of drug-likeness (QED) is 0.818. The average Bonchev–Trinajstić information content (AvgIpc) is 2.27. The van der Waals surface area contributed by atoms with Crippen LogP contribution in [-0.4, -0.2) is 11.9 Å². The van der Waals surface area contributed by atoms with Gasteiger partial charge in [0, 0.05) is 5.69 Å². The van der Waals surface area contributed by atoms with Crippen LogP contribution in [0.15, 0.2) is 24.3 Å². The Kier molecular flexibility index (Phi) is 4.50. The first-order valence-electron chi connectivity index (χ1n) is 5.67. The molecule has 2 unspecified atom stereocenters. The van der Waals surface area contributed by atoms with Crippen LogP contribution in [0.2, 0.25) is 0 Å². The molecule has 0 radical (unpaired) electrons. The van der Waals surface area contributed by atoms with Crippen LogP contribution in [0.3, 0.4) is 0 Å². The van der Waals surface area contributed by atoms with E-state index in [1.165, 1.54) is 0 Å². The predicted octanol–water partition coefficient (Wildman–Crippen LogP) is 2.31. The lowest BCUT2D eigenvalue weighted by molar-refractivity contribution is -0.118. The lowest BCUT2D eigenvalue weighted by Gasteiger charge is -2.17. The molecule has 88 valence electrons.